The quantitative estimate of drug-likeness (QED) is 0.809. The van der Waals surface area contributed by atoms with Crippen LogP contribution in [0.5, 0.6) is 0 Å². The van der Waals surface area contributed by atoms with Gasteiger partial charge < -0.3 is 10.6 Å². The summed E-state index contributed by atoms with van der Waals surface area (Å²) in [5.74, 6) is 0.394. The largest absolute Gasteiger partial charge is 0.337 e. The van der Waals surface area contributed by atoms with Crippen LogP contribution < -0.4 is 5.73 Å². The summed E-state index contributed by atoms with van der Waals surface area (Å²) < 4.78 is 0. The zero-order valence-corrected chi connectivity index (χ0v) is 10.5. The number of rotatable bonds is 1. The molecular weight excluding hydrogens is 226 g/mol. The number of nitrogens with two attached hydrogens (primary N) is 1. The van der Waals surface area contributed by atoms with Crippen molar-refractivity contribution in [3.63, 3.8) is 0 Å². The topological polar surface area (TPSA) is 70.1 Å². The molecule has 1 heterocycles. The first-order valence-electron chi connectivity index (χ1n) is 6.15. The summed E-state index contributed by atoms with van der Waals surface area (Å²) in [6.07, 6.45) is 0.960. The number of piperidine rings is 1. The average Bonchev–Trinajstić information content (AvgIpc) is 2.37. The molecule has 18 heavy (non-hydrogen) atoms. The molecule has 0 radical (unpaired) electrons. The highest BCUT2D eigenvalue weighted by Gasteiger charge is 2.26. The minimum absolute atomic E-state index is 0.0332. The second kappa shape index (κ2) is 5.19. The lowest BCUT2D eigenvalue weighted by molar-refractivity contribution is 0.0661. The first-order chi connectivity index (χ1) is 8.60. The van der Waals surface area contributed by atoms with Crippen molar-refractivity contribution >= 4 is 5.91 Å². The maximum absolute atomic E-state index is 12.3. The van der Waals surface area contributed by atoms with Gasteiger partial charge in [0.1, 0.15) is 0 Å². The Morgan fingerprint density at radius 2 is 2.28 bits per heavy atom. The van der Waals surface area contributed by atoms with Crippen molar-refractivity contribution in [3.8, 4) is 6.07 Å². The third kappa shape index (κ3) is 2.69. The molecule has 1 aromatic rings. The lowest BCUT2D eigenvalue weighted by Gasteiger charge is -2.34. The fourth-order valence-corrected chi connectivity index (χ4v) is 2.47. The van der Waals surface area contributed by atoms with E-state index in [9.17, 15) is 4.79 Å². The Hall–Kier alpha value is -1.86. The van der Waals surface area contributed by atoms with Crippen molar-refractivity contribution in [2.45, 2.75) is 19.4 Å². The van der Waals surface area contributed by atoms with Gasteiger partial charge in [0.2, 0.25) is 0 Å². The van der Waals surface area contributed by atoms with E-state index in [0.29, 0.717) is 23.6 Å². The standard InChI is InChI=1S/C14H17N3O/c1-10-5-13(16)9-17(8-10)14(18)12-4-2-3-11(6-12)7-15/h2-4,6,10,13H,5,8-9,16H2,1H3. The molecule has 2 N–H and O–H groups in total. The molecule has 2 unspecified atom stereocenters. The molecule has 1 saturated heterocycles. The van der Waals surface area contributed by atoms with Gasteiger partial charge in [-0.05, 0) is 30.5 Å². The molecule has 1 aliphatic heterocycles. The Kier molecular flexibility index (Phi) is 3.63. The number of likely N-dealkylation sites (tertiary alicyclic amines) is 1. The minimum atomic E-state index is -0.0332. The van der Waals surface area contributed by atoms with Crippen LogP contribution in [0, 0.1) is 17.2 Å². The van der Waals surface area contributed by atoms with Gasteiger partial charge in [0, 0.05) is 24.7 Å². The van der Waals surface area contributed by atoms with Gasteiger partial charge in [0.25, 0.3) is 5.91 Å². The SMILES string of the molecule is CC1CC(N)CN(C(=O)c2cccc(C#N)c2)C1. The highest BCUT2D eigenvalue weighted by molar-refractivity contribution is 5.94. The van der Waals surface area contributed by atoms with Crippen molar-refractivity contribution in [1.29, 1.82) is 5.26 Å². The van der Waals surface area contributed by atoms with Gasteiger partial charge in [0.15, 0.2) is 0 Å². The molecule has 94 valence electrons. The maximum Gasteiger partial charge on any atom is 0.253 e. The first kappa shape index (κ1) is 12.6. The van der Waals surface area contributed by atoms with Crippen LogP contribution in [0.25, 0.3) is 0 Å². The zero-order chi connectivity index (χ0) is 13.1. The van der Waals surface area contributed by atoms with Crippen molar-refractivity contribution in [1.82, 2.24) is 4.90 Å². The van der Waals surface area contributed by atoms with Crippen molar-refractivity contribution < 1.29 is 4.79 Å². The number of hydrogen-bond donors (Lipinski definition) is 1. The van der Waals surface area contributed by atoms with E-state index >= 15 is 0 Å². The van der Waals surface area contributed by atoms with Crippen LogP contribution in [-0.2, 0) is 0 Å². The molecule has 2 rings (SSSR count). The van der Waals surface area contributed by atoms with Crippen LogP contribution in [0.15, 0.2) is 24.3 Å². The number of nitriles is 1. The molecule has 0 saturated carbocycles. The Labute approximate surface area is 107 Å². The van der Waals surface area contributed by atoms with Gasteiger partial charge >= 0.3 is 0 Å². The molecule has 0 aromatic heterocycles. The molecule has 2 atom stereocenters. The lowest BCUT2D eigenvalue weighted by atomic mass is 9.96. The first-order valence-corrected chi connectivity index (χ1v) is 6.15. The van der Waals surface area contributed by atoms with Gasteiger partial charge in [-0.3, -0.25) is 4.79 Å². The van der Waals surface area contributed by atoms with Gasteiger partial charge in [-0.15, -0.1) is 0 Å². The number of carbonyl (C=O) groups excluding carboxylic acids is 1. The Bertz CT molecular complexity index is 482. The van der Waals surface area contributed by atoms with Gasteiger partial charge in [0.05, 0.1) is 11.6 Å². The van der Waals surface area contributed by atoms with Crippen molar-refractivity contribution in [2.75, 3.05) is 13.1 Å². The molecule has 1 fully saturated rings. The van der Waals surface area contributed by atoms with Crippen LogP contribution in [0.1, 0.15) is 29.3 Å². The van der Waals surface area contributed by atoms with E-state index in [4.69, 9.17) is 11.0 Å². The van der Waals surface area contributed by atoms with E-state index in [1.54, 1.807) is 29.2 Å². The van der Waals surface area contributed by atoms with Crippen molar-refractivity contribution in [3.05, 3.63) is 35.4 Å². The van der Waals surface area contributed by atoms with E-state index in [-0.39, 0.29) is 11.9 Å². The van der Waals surface area contributed by atoms with Gasteiger partial charge in [-0.1, -0.05) is 13.0 Å². The smallest absolute Gasteiger partial charge is 0.253 e. The molecule has 1 aliphatic rings. The van der Waals surface area contributed by atoms with Crippen molar-refractivity contribution in [2.24, 2.45) is 11.7 Å². The van der Waals surface area contributed by atoms with E-state index in [0.717, 1.165) is 13.0 Å². The molecule has 0 spiro atoms. The fraction of sp³-hybridized carbons (Fsp3) is 0.429. The number of amides is 1. The Morgan fingerprint density at radius 3 is 2.94 bits per heavy atom. The number of hydrogen-bond acceptors (Lipinski definition) is 3. The van der Waals surface area contributed by atoms with E-state index < -0.39 is 0 Å². The molecule has 0 aliphatic carbocycles. The molecule has 4 heteroatoms. The highest BCUT2D eigenvalue weighted by atomic mass is 16.2. The maximum atomic E-state index is 12.3. The number of benzene rings is 1. The van der Waals surface area contributed by atoms with E-state index in [1.165, 1.54) is 0 Å². The predicted molar refractivity (Wildman–Crippen MR) is 68.8 cm³/mol. The predicted octanol–water partition coefficient (Wildman–Crippen LogP) is 1.37. The van der Waals surface area contributed by atoms with Crippen LogP contribution in [0.4, 0.5) is 0 Å². The Balaban J connectivity index is 2.18. The van der Waals surface area contributed by atoms with Crippen LogP contribution >= 0.6 is 0 Å². The molecular formula is C14H17N3O. The minimum Gasteiger partial charge on any atom is -0.337 e. The van der Waals surface area contributed by atoms with Gasteiger partial charge in [-0.2, -0.15) is 5.26 Å². The third-order valence-corrected chi connectivity index (χ3v) is 3.22. The summed E-state index contributed by atoms with van der Waals surface area (Å²) in [5, 5.41) is 8.84. The summed E-state index contributed by atoms with van der Waals surface area (Å²) in [7, 11) is 0. The summed E-state index contributed by atoms with van der Waals surface area (Å²) in [5.41, 5.74) is 7.02. The number of carbonyl (C=O) groups is 1. The van der Waals surface area contributed by atoms with Gasteiger partial charge in [-0.25, -0.2) is 0 Å². The normalized spacial score (nSPS) is 23.5. The monoisotopic (exact) mass is 243 g/mol. The van der Waals surface area contributed by atoms with Crippen LogP contribution in [-0.4, -0.2) is 29.9 Å². The molecule has 1 aromatic carbocycles. The highest BCUT2D eigenvalue weighted by Crippen LogP contribution is 2.17. The van der Waals surface area contributed by atoms with Crippen LogP contribution in [0.2, 0.25) is 0 Å². The lowest BCUT2D eigenvalue weighted by Crippen LogP contribution is -2.48. The second-order valence-electron chi connectivity index (χ2n) is 5.00. The summed E-state index contributed by atoms with van der Waals surface area (Å²) in [6, 6.07) is 8.91. The molecule has 4 nitrogen and oxygen atoms in total. The summed E-state index contributed by atoms with van der Waals surface area (Å²) >= 11 is 0. The Morgan fingerprint density at radius 1 is 1.50 bits per heavy atom. The van der Waals surface area contributed by atoms with E-state index in [1.807, 2.05) is 6.07 Å². The molecule has 0 bridgehead atoms. The van der Waals surface area contributed by atoms with Crippen LogP contribution in [0.3, 0.4) is 0 Å². The summed E-state index contributed by atoms with van der Waals surface area (Å²) in [6.45, 7) is 3.44. The molecule has 1 amide bonds. The fourth-order valence-electron chi connectivity index (χ4n) is 2.47. The zero-order valence-electron chi connectivity index (χ0n) is 10.5. The summed E-state index contributed by atoms with van der Waals surface area (Å²) in [4.78, 5) is 14.1. The second-order valence-corrected chi connectivity index (χ2v) is 5.00. The van der Waals surface area contributed by atoms with E-state index in [2.05, 4.69) is 6.92 Å². The number of nitrogens with zero attached hydrogens (tertiary/aromatic N) is 2. The average molecular weight is 243 g/mol. The third-order valence-electron chi connectivity index (χ3n) is 3.22.